The van der Waals surface area contributed by atoms with E-state index in [1.807, 2.05) is 30.9 Å². The lowest BCUT2D eigenvalue weighted by Gasteiger charge is -2.34. The molecule has 0 amide bonds. The second kappa shape index (κ2) is 8.31. The van der Waals surface area contributed by atoms with E-state index in [1.165, 1.54) is 6.07 Å². The van der Waals surface area contributed by atoms with Gasteiger partial charge in [-0.1, -0.05) is 6.07 Å². The van der Waals surface area contributed by atoms with Crippen molar-refractivity contribution in [2.75, 3.05) is 29.9 Å². The highest BCUT2D eigenvalue weighted by Crippen LogP contribution is 2.39. The average molecular weight is 438 g/mol. The van der Waals surface area contributed by atoms with Gasteiger partial charge in [0.15, 0.2) is 17.4 Å². The topological polar surface area (TPSA) is 75.2 Å². The normalized spacial score (nSPS) is 15.2. The average Bonchev–Trinajstić information content (AvgIpc) is 2.79. The van der Waals surface area contributed by atoms with Crippen LogP contribution in [0.1, 0.15) is 25.1 Å². The van der Waals surface area contributed by atoms with Gasteiger partial charge in [-0.2, -0.15) is 0 Å². The molecule has 9 heteroatoms. The fourth-order valence-corrected chi connectivity index (χ4v) is 4.13. The van der Waals surface area contributed by atoms with E-state index in [0.29, 0.717) is 30.2 Å². The Hall–Kier alpha value is -3.33. The second-order valence-corrected chi connectivity index (χ2v) is 8.19. The van der Waals surface area contributed by atoms with Crippen LogP contribution in [0.25, 0.3) is 11.3 Å². The van der Waals surface area contributed by atoms with Gasteiger partial charge < -0.3 is 20.3 Å². The smallest absolute Gasteiger partial charge is 0.229 e. The van der Waals surface area contributed by atoms with Gasteiger partial charge >= 0.3 is 0 Å². The Morgan fingerprint density at radius 1 is 1.16 bits per heavy atom. The standard InChI is InChI=1S/C23H24F2N6O/c1-13(2)31-7-8-32-22-16(24)9-15(10-19(22)31)21-17(25)12-27-23(30-21)29-20-4-3-14-11-26-6-5-18(14)28-20/h3-4,9-10,12-13,26H,5-8,11H2,1-2H3,(H,27,28,29,30). The summed E-state index contributed by atoms with van der Waals surface area (Å²) in [6.07, 6.45) is 1.92. The summed E-state index contributed by atoms with van der Waals surface area (Å²) in [5, 5.41) is 6.35. The summed E-state index contributed by atoms with van der Waals surface area (Å²) < 4.78 is 35.1. The number of hydrogen-bond acceptors (Lipinski definition) is 7. The maximum Gasteiger partial charge on any atom is 0.229 e. The number of ether oxygens (including phenoxy) is 1. The molecule has 4 heterocycles. The third kappa shape index (κ3) is 3.84. The largest absolute Gasteiger partial charge is 0.486 e. The fourth-order valence-electron chi connectivity index (χ4n) is 4.13. The maximum absolute atomic E-state index is 14.8. The number of nitrogens with one attached hydrogen (secondary N) is 2. The van der Waals surface area contributed by atoms with Crippen molar-refractivity contribution in [1.82, 2.24) is 20.3 Å². The van der Waals surface area contributed by atoms with E-state index < -0.39 is 11.6 Å². The monoisotopic (exact) mass is 438 g/mol. The van der Waals surface area contributed by atoms with Crippen molar-refractivity contribution in [3.8, 4) is 17.0 Å². The Labute approximate surface area is 184 Å². The molecule has 0 saturated heterocycles. The van der Waals surface area contributed by atoms with Crippen LogP contribution in [0.5, 0.6) is 5.75 Å². The van der Waals surface area contributed by atoms with Crippen molar-refractivity contribution in [3.63, 3.8) is 0 Å². The van der Waals surface area contributed by atoms with Crippen LogP contribution in [0.3, 0.4) is 0 Å². The molecule has 2 aliphatic heterocycles. The number of rotatable bonds is 4. The van der Waals surface area contributed by atoms with E-state index in [-0.39, 0.29) is 23.4 Å². The van der Waals surface area contributed by atoms with Crippen LogP contribution in [0.4, 0.5) is 26.2 Å². The minimum Gasteiger partial charge on any atom is -0.486 e. The zero-order valence-corrected chi connectivity index (χ0v) is 18.0. The molecule has 166 valence electrons. The summed E-state index contributed by atoms with van der Waals surface area (Å²) in [7, 11) is 0. The molecule has 1 aromatic carbocycles. The van der Waals surface area contributed by atoms with Crippen molar-refractivity contribution < 1.29 is 13.5 Å². The molecule has 2 aromatic heterocycles. The van der Waals surface area contributed by atoms with Gasteiger partial charge in [-0.05, 0) is 37.6 Å². The molecule has 0 bridgehead atoms. The SMILES string of the molecule is CC(C)N1CCOc2c(F)cc(-c3nc(Nc4ccc5c(n4)CCNC5)ncc3F)cc21. The first-order valence-corrected chi connectivity index (χ1v) is 10.7. The summed E-state index contributed by atoms with van der Waals surface area (Å²) in [5.74, 6) is -0.209. The number of aromatic nitrogens is 3. The van der Waals surface area contributed by atoms with Crippen molar-refractivity contribution in [1.29, 1.82) is 0 Å². The summed E-state index contributed by atoms with van der Waals surface area (Å²) in [5.41, 5.74) is 3.11. The lowest BCUT2D eigenvalue weighted by Crippen LogP contribution is -2.38. The van der Waals surface area contributed by atoms with Gasteiger partial charge in [-0.3, -0.25) is 0 Å². The van der Waals surface area contributed by atoms with Crippen LogP contribution < -0.4 is 20.3 Å². The third-order valence-electron chi connectivity index (χ3n) is 5.72. The Balaban J connectivity index is 1.49. The molecule has 0 aliphatic carbocycles. The molecular weight excluding hydrogens is 414 g/mol. The molecule has 2 aliphatic rings. The number of fused-ring (bicyclic) bond motifs is 2. The molecule has 0 fully saturated rings. The first kappa shape index (κ1) is 20.6. The predicted octanol–water partition coefficient (Wildman–Crippen LogP) is 3.81. The van der Waals surface area contributed by atoms with Gasteiger partial charge in [0.05, 0.1) is 18.4 Å². The summed E-state index contributed by atoms with van der Waals surface area (Å²) in [6.45, 7) is 6.75. The summed E-state index contributed by atoms with van der Waals surface area (Å²) in [4.78, 5) is 15.0. The van der Waals surface area contributed by atoms with Crippen molar-refractivity contribution in [2.45, 2.75) is 32.9 Å². The lowest BCUT2D eigenvalue weighted by atomic mass is 10.1. The molecule has 0 atom stereocenters. The first-order valence-electron chi connectivity index (χ1n) is 10.7. The molecule has 32 heavy (non-hydrogen) atoms. The number of pyridine rings is 1. The van der Waals surface area contributed by atoms with E-state index in [2.05, 4.69) is 25.6 Å². The highest BCUT2D eigenvalue weighted by molar-refractivity contribution is 5.73. The molecule has 0 saturated carbocycles. The van der Waals surface area contributed by atoms with Crippen molar-refractivity contribution in [2.24, 2.45) is 0 Å². The first-order chi connectivity index (χ1) is 15.5. The Morgan fingerprint density at radius 2 is 2.03 bits per heavy atom. The van der Waals surface area contributed by atoms with Crippen LogP contribution >= 0.6 is 0 Å². The highest BCUT2D eigenvalue weighted by atomic mass is 19.1. The molecule has 0 spiro atoms. The van der Waals surface area contributed by atoms with Gasteiger partial charge in [0, 0.05) is 36.8 Å². The number of benzene rings is 1. The van der Waals surface area contributed by atoms with E-state index >= 15 is 0 Å². The van der Waals surface area contributed by atoms with Gasteiger partial charge in [0.2, 0.25) is 5.95 Å². The van der Waals surface area contributed by atoms with E-state index in [4.69, 9.17) is 4.74 Å². The van der Waals surface area contributed by atoms with Crippen LogP contribution in [0.15, 0.2) is 30.5 Å². The Kier molecular flexibility index (Phi) is 5.34. The quantitative estimate of drug-likeness (QED) is 0.642. The van der Waals surface area contributed by atoms with Crippen LogP contribution in [0, 0.1) is 11.6 Å². The number of halogens is 2. The fraction of sp³-hybridized carbons (Fsp3) is 0.348. The van der Waals surface area contributed by atoms with Gasteiger partial charge in [-0.15, -0.1) is 0 Å². The van der Waals surface area contributed by atoms with Crippen molar-refractivity contribution >= 4 is 17.5 Å². The molecule has 5 rings (SSSR count). The number of hydrogen-bond donors (Lipinski definition) is 2. The minimum atomic E-state index is -0.632. The molecular formula is C23H24F2N6O. The Morgan fingerprint density at radius 3 is 2.88 bits per heavy atom. The molecule has 2 N–H and O–H groups in total. The molecule has 7 nitrogen and oxygen atoms in total. The van der Waals surface area contributed by atoms with Gasteiger partial charge in [0.25, 0.3) is 0 Å². The molecule has 3 aromatic rings. The third-order valence-corrected chi connectivity index (χ3v) is 5.72. The van der Waals surface area contributed by atoms with Crippen LogP contribution in [0.2, 0.25) is 0 Å². The number of anilines is 3. The van der Waals surface area contributed by atoms with Crippen LogP contribution in [-0.4, -0.2) is 40.7 Å². The zero-order chi connectivity index (χ0) is 22.2. The van der Waals surface area contributed by atoms with Crippen molar-refractivity contribution in [3.05, 3.63) is 53.4 Å². The van der Waals surface area contributed by atoms with E-state index in [9.17, 15) is 8.78 Å². The Bertz CT molecular complexity index is 1170. The van der Waals surface area contributed by atoms with Gasteiger partial charge in [0.1, 0.15) is 18.1 Å². The minimum absolute atomic E-state index is 0.0145. The maximum atomic E-state index is 14.8. The molecule has 0 unspecified atom stereocenters. The lowest BCUT2D eigenvalue weighted by molar-refractivity contribution is 0.287. The van der Waals surface area contributed by atoms with Gasteiger partial charge in [-0.25, -0.2) is 23.7 Å². The highest BCUT2D eigenvalue weighted by Gasteiger charge is 2.25. The van der Waals surface area contributed by atoms with E-state index in [0.717, 1.165) is 37.0 Å². The zero-order valence-electron chi connectivity index (χ0n) is 18.0. The second-order valence-electron chi connectivity index (χ2n) is 8.19. The number of nitrogens with zero attached hydrogens (tertiary/aromatic N) is 4. The van der Waals surface area contributed by atoms with Crippen LogP contribution in [-0.2, 0) is 13.0 Å². The summed E-state index contributed by atoms with van der Waals surface area (Å²) >= 11 is 0. The van der Waals surface area contributed by atoms with E-state index in [1.54, 1.807) is 6.07 Å². The molecule has 0 radical (unpaired) electrons. The predicted molar refractivity (Wildman–Crippen MR) is 118 cm³/mol. The summed E-state index contributed by atoms with van der Waals surface area (Å²) in [6, 6.07) is 6.96.